The summed E-state index contributed by atoms with van der Waals surface area (Å²) in [6, 6.07) is 17.0. The van der Waals surface area contributed by atoms with Gasteiger partial charge in [-0.1, -0.05) is 35.9 Å². The molecule has 3 aromatic carbocycles. The highest BCUT2D eigenvalue weighted by Crippen LogP contribution is 2.53. The van der Waals surface area contributed by atoms with Crippen molar-refractivity contribution < 1.29 is 28.8 Å². The van der Waals surface area contributed by atoms with Gasteiger partial charge in [0.1, 0.15) is 18.1 Å². The largest absolute Gasteiger partial charge is 0.457 e. The second kappa shape index (κ2) is 9.67. The van der Waals surface area contributed by atoms with Gasteiger partial charge in [-0.15, -0.1) is 0 Å². The monoisotopic (exact) mass is 544 g/mol. The third-order valence-corrected chi connectivity index (χ3v) is 7.77. The predicted molar refractivity (Wildman–Crippen MR) is 140 cm³/mol. The molecule has 4 atom stereocenters. The SMILES string of the molecule is O=C(OCc1ccc(Oc2ccc([N+](=O)[O-])cc2Cl)cc1)c1ccc(N2C(=O)C3C4C=CC(C4)C3C2=O)cc1. The predicted octanol–water partition coefficient (Wildman–Crippen LogP) is 5.71. The fourth-order valence-electron chi connectivity index (χ4n) is 5.60. The lowest BCUT2D eigenvalue weighted by Gasteiger charge is -2.17. The second-order valence-corrected chi connectivity index (χ2v) is 10.2. The molecule has 196 valence electrons. The van der Waals surface area contributed by atoms with Gasteiger partial charge in [0.05, 0.1) is 33.0 Å². The number of halogens is 1. The lowest BCUT2D eigenvalue weighted by Crippen LogP contribution is -2.32. The van der Waals surface area contributed by atoms with Crippen LogP contribution in [0.1, 0.15) is 22.3 Å². The lowest BCUT2D eigenvalue weighted by atomic mass is 9.85. The highest BCUT2D eigenvalue weighted by Gasteiger charge is 2.59. The summed E-state index contributed by atoms with van der Waals surface area (Å²) in [6.45, 7) is 0.0153. The van der Waals surface area contributed by atoms with Crippen molar-refractivity contribution in [2.75, 3.05) is 4.90 Å². The molecule has 1 aliphatic heterocycles. The number of benzene rings is 3. The average Bonchev–Trinajstić information content (AvgIpc) is 3.62. The first kappa shape index (κ1) is 24.8. The average molecular weight is 545 g/mol. The Hall–Kier alpha value is -4.50. The molecule has 10 heteroatoms. The van der Waals surface area contributed by atoms with Gasteiger partial charge in [-0.3, -0.25) is 24.6 Å². The van der Waals surface area contributed by atoms with Crippen LogP contribution in [-0.2, 0) is 20.9 Å². The molecule has 3 aliphatic rings. The van der Waals surface area contributed by atoms with Crippen molar-refractivity contribution in [2.45, 2.75) is 13.0 Å². The maximum absolute atomic E-state index is 13.0. The van der Waals surface area contributed by atoms with Crippen molar-refractivity contribution in [1.29, 1.82) is 0 Å². The molecule has 2 fully saturated rings. The first-order valence-electron chi connectivity index (χ1n) is 12.3. The van der Waals surface area contributed by atoms with E-state index in [0.29, 0.717) is 22.6 Å². The number of imide groups is 1. The summed E-state index contributed by atoms with van der Waals surface area (Å²) in [7, 11) is 0. The van der Waals surface area contributed by atoms with Crippen LogP contribution in [0, 0.1) is 33.8 Å². The second-order valence-electron chi connectivity index (χ2n) is 9.75. The van der Waals surface area contributed by atoms with Crippen molar-refractivity contribution in [3.8, 4) is 11.5 Å². The van der Waals surface area contributed by atoms with Crippen LogP contribution in [-0.4, -0.2) is 22.7 Å². The molecule has 4 unspecified atom stereocenters. The molecule has 2 amide bonds. The third-order valence-electron chi connectivity index (χ3n) is 7.48. The molecule has 1 saturated heterocycles. The van der Waals surface area contributed by atoms with E-state index in [1.807, 2.05) is 0 Å². The van der Waals surface area contributed by atoms with Crippen molar-refractivity contribution in [1.82, 2.24) is 0 Å². The maximum atomic E-state index is 13.0. The Bertz CT molecular complexity index is 1500. The molecule has 6 rings (SSSR count). The molecule has 0 aromatic heterocycles. The van der Waals surface area contributed by atoms with Crippen LogP contribution in [0.2, 0.25) is 5.02 Å². The topological polar surface area (TPSA) is 116 Å². The van der Waals surface area contributed by atoms with Crippen LogP contribution >= 0.6 is 11.6 Å². The van der Waals surface area contributed by atoms with E-state index < -0.39 is 10.9 Å². The van der Waals surface area contributed by atoms with Crippen LogP contribution in [0.15, 0.2) is 78.9 Å². The molecule has 1 heterocycles. The number of non-ortho nitro benzene ring substituents is 1. The minimum absolute atomic E-state index is 0.0153. The Labute approximate surface area is 227 Å². The summed E-state index contributed by atoms with van der Waals surface area (Å²) >= 11 is 6.07. The summed E-state index contributed by atoms with van der Waals surface area (Å²) < 4.78 is 11.1. The number of rotatable bonds is 7. The van der Waals surface area contributed by atoms with Crippen molar-refractivity contribution in [3.05, 3.63) is 105 Å². The number of esters is 1. The molecule has 2 bridgehead atoms. The molecule has 9 nitrogen and oxygen atoms in total. The van der Waals surface area contributed by atoms with E-state index in [1.165, 1.54) is 23.1 Å². The number of nitro benzene ring substituents is 1. The summed E-state index contributed by atoms with van der Waals surface area (Å²) in [5.41, 5.74) is 1.33. The van der Waals surface area contributed by atoms with Gasteiger partial charge in [0.25, 0.3) is 5.69 Å². The van der Waals surface area contributed by atoms with E-state index in [-0.39, 0.29) is 58.6 Å². The Balaban J connectivity index is 1.05. The van der Waals surface area contributed by atoms with E-state index in [2.05, 4.69) is 12.2 Å². The Morgan fingerprint density at radius 1 is 0.949 bits per heavy atom. The number of fused-ring (bicyclic) bond motifs is 5. The van der Waals surface area contributed by atoms with Crippen molar-refractivity contribution in [3.63, 3.8) is 0 Å². The third kappa shape index (κ3) is 4.44. The van der Waals surface area contributed by atoms with Gasteiger partial charge < -0.3 is 9.47 Å². The van der Waals surface area contributed by atoms with Crippen LogP contribution in [0.3, 0.4) is 0 Å². The van der Waals surface area contributed by atoms with E-state index in [9.17, 15) is 24.5 Å². The van der Waals surface area contributed by atoms with E-state index in [1.54, 1.807) is 48.5 Å². The molecule has 2 aliphatic carbocycles. The standard InChI is InChI=1S/C29H21ClN2O7/c30-23-14-21(32(36)37)9-12-24(23)39-22-10-1-16(2-11-22)15-38-29(35)17-5-7-20(8-6-17)31-27(33)25-18-3-4-19(13-18)26(25)28(31)34/h1-12,14,18-19,25-26H,13,15H2. The van der Waals surface area contributed by atoms with Crippen molar-refractivity contribution >= 4 is 40.8 Å². The number of nitrogens with zero attached hydrogens (tertiary/aromatic N) is 2. The minimum Gasteiger partial charge on any atom is -0.457 e. The van der Waals surface area contributed by atoms with E-state index >= 15 is 0 Å². The fourth-order valence-corrected chi connectivity index (χ4v) is 5.82. The number of carbonyl (C=O) groups excluding carboxylic acids is 3. The highest BCUT2D eigenvalue weighted by molar-refractivity contribution is 6.32. The van der Waals surface area contributed by atoms with Gasteiger partial charge in [0.2, 0.25) is 11.8 Å². The number of hydrogen-bond donors (Lipinski definition) is 0. The number of allylic oxidation sites excluding steroid dienone is 2. The highest BCUT2D eigenvalue weighted by atomic mass is 35.5. The smallest absolute Gasteiger partial charge is 0.338 e. The number of carbonyl (C=O) groups is 3. The van der Waals surface area contributed by atoms with Crippen LogP contribution in [0.4, 0.5) is 11.4 Å². The van der Waals surface area contributed by atoms with E-state index in [4.69, 9.17) is 21.1 Å². The Morgan fingerprint density at radius 3 is 2.18 bits per heavy atom. The molecule has 3 aromatic rings. The summed E-state index contributed by atoms with van der Waals surface area (Å²) in [4.78, 5) is 50.1. The van der Waals surface area contributed by atoms with Gasteiger partial charge in [-0.05, 0) is 66.3 Å². The molecular formula is C29H21ClN2O7. The molecule has 1 saturated carbocycles. The normalized spacial score (nSPS) is 22.7. The molecule has 39 heavy (non-hydrogen) atoms. The lowest BCUT2D eigenvalue weighted by molar-refractivity contribution is -0.384. The van der Waals surface area contributed by atoms with Gasteiger partial charge >= 0.3 is 5.97 Å². The summed E-state index contributed by atoms with van der Waals surface area (Å²) in [5, 5.41) is 11.0. The zero-order valence-corrected chi connectivity index (χ0v) is 21.1. The Kier molecular flexibility index (Phi) is 6.15. The zero-order valence-electron chi connectivity index (χ0n) is 20.4. The van der Waals surface area contributed by atoms with Gasteiger partial charge in [0.15, 0.2) is 0 Å². The molecule has 0 radical (unpaired) electrons. The quantitative estimate of drug-likeness (QED) is 0.123. The summed E-state index contributed by atoms with van der Waals surface area (Å²) in [6.07, 6.45) is 4.97. The van der Waals surface area contributed by atoms with Gasteiger partial charge in [-0.25, -0.2) is 4.79 Å². The van der Waals surface area contributed by atoms with Crippen LogP contribution < -0.4 is 9.64 Å². The minimum atomic E-state index is -0.544. The maximum Gasteiger partial charge on any atom is 0.338 e. The first-order chi connectivity index (χ1) is 18.8. The molecule has 0 spiro atoms. The van der Waals surface area contributed by atoms with Crippen molar-refractivity contribution in [2.24, 2.45) is 23.7 Å². The Morgan fingerprint density at radius 2 is 1.59 bits per heavy atom. The van der Waals surface area contributed by atoms with E-state index in [0.717, 1.165) is 6.42 Å². The fraction of sp³-hybridized carbons (Fsp3) is 0.207. The van der Waals surface area contributed by atoms with Gasteiger partial charge in [-0.2, -0.15) is 0 Å². The number of hydrogen-bond acceptors (Lipinski definition) is 7. The number of anilines is 1. The molecular weight excluding hydrogens is 524 g/mol. The van der Waals surface area contributed by atoms with Crippen LogP contribution in [0.25, 0.3) is 0 Å². The number of nitro groups is 1. The first-order valence-corrected chi connectivity index (χ1v) is 12.7. The number of ether oxygens (including phenoxy) is 2. The zero-order chi connectivity index (χ0) is 27.3. The molecule has 0 N–H and O–H groups in total. The van der Waals surface area contributed by atoms with Crippen LogP contribution in [0.5, 0.6) is 11.5 Å². The van der Waals surface area contributed by atoms with Gasteiger partial charge in [0, 0.05) is 12.1 Å². The number of amides is 2. The summed E-state index contributed by atoms with van der Waals surface area (Å²) in [5.74, 6) is -0.434.